The van der Waals surface area contributed by atoms with E-state index in [-0.39, 0.29) is 0 Å². The third-order valence-corrected chi connectivity index (χ3v) is 8.47. The van der Waals surface area contributed by atoms with Gasteiger partial charge in [-0.25, -0.2) is 0 Å². The van der Waals surface area contributed by atoms with Crippen molar-refractivity contribution in [2.45, 2.75) is 77.0 Å². The Hall–Kier alpha value is -1.22. The second kappa shape index (κ2) is 8.49. The Morgan fingerprint density at radius 3 is 2.24 bits per heavy atom. The Balaban J connectivity index is 1.34. The summed E-state index contributed by atoms with van der Waals surface area (Å²) in [7, 11) is 0. The number of nitrogens with zero attached hydrogens (tertiary/aromatic N) is 3. The molecular formula is C26H41N3. The minimum Gasteiger partial charge on any atom is -0.372 e. The molecular weight excluding hydrogens is 354 g/mol. The normalized spacial score (nSPS) is 25.1. The van der Waals surface area contributed by atoms with Crippen LogP contribution in [0.4, 0.5) is 11.4 Å². The maximum atomic E-state index is 2.72. The van der Waals surface area contributed by atoms with Crippen molar-refractivity contribution in [3.8, 4) is 0 Å². The third-order valence-electron chi connectivity index (χ3n) is 8.47. The fourth-order valence-corrected chi connectivity index (χ4v) is 6.14. The van der Waals surface area contributed by atoms with Gasteiger partial charge in [0.2, 0.25) is 0 Å². The van der Waals surface area contributed by atoms with Crippen molar-refractivity contribution in [2.75, 3.05) is 55.6 Å². The standard InChI is InChI=1S/C26H41N3/c1-2-3-14-27-17-19-29(20-18-27)25-7-6-23(28-15-4-5-16-28)21-24(25)22-8-10-26(11-9-22)12-13-26/h6-7,21-22H,2-5,8-20H2,1H3. The van der Waals surface area contributed by atoms with Crippen LogP contribution in [-0.2, 0) is 0 Å². The van der Waals surface area contributed by atoms with E-state index < -0.39 is 0 Å². The van der Waals surface area contributed by atoms with Gasteiger partial charge in [0.1, 0.15) is 0 Å². The molecule has 2 heterocycles. The average molecular weight is 396 g/mol. The molecule has 2 aliphatic heterocycles. The minimum absolute atomic E-state index is 0.786. The van der Waals surface area contributed by atoms with Crippen molar-refractivity contribution < 1.29 is 0 Å². The third kappa shape index (κ3) is 4.31. The summed E-state index contributed by atoms with van der Waals surface area (Å²) < 4.78 is 0. The van der Waals surface area contributed by atoms with Gasteiger partial charge in [-0.3, -0.25) is 4.90 Å². The molecule has 3 heteroatoms. The first-order valence-electron chi connectivity index (χ1n) is 12.6. The summed E-state index contributed by atoms with van der Waals surface area (Å²) in [6, 6.07) is 7.53. The molecule has 2 saturated carbocycles. The lowest BCUT2D eigenvalue weighted by atomic mass is 9.76. The maximum absolute atomic E-state index is 2.72. The first kappa shape index (κ1) is 19.7. The Morgan fingerprint density at radius 2 is 1.59 bits per heavy atom. The lowest BCUT2D eigenvalue weighted by molar-refractivity contribution is 0.253. The summed E-state index contributed by atoms with van der Waals surface area (Å²) in [5.74, 6) is 0.789. The zero-order valence-corrected chi connectivity index (χ0v) is 18.7. The van der Waals surface area contributed by atoms with Gasteiger partial charge >= 0.3 is 0 Å². The van der Waals surface area contributed by atoms with Gasteiger partial charge < -0.3 is 9.80 Å². The van der Waals surface area contributed by atoms with E-state index in [4.69, 9.17) is 0 Å². The molecule has 0 unspecified atom stereocenters. The van der Waals surface area contributed by atoms with Gasteiger partial charge in [-0.1, -0.05) is 13.3 Å². The van der Waals surface area contributed by atoms with E-state index in [1.165, 1.54) is 116 Å². The van der Waals surface area contributed by atoms with Crippen LogP contribution in [0.15, 0.2) is 18.2 Å². The number of piperazine rings is 1. The summed E-state index contributed by atoms with van der Waals surface area (Å²) in [5, 5.41) is 0. The van der Waals surface area contributed by atoms with Crippen LogP contribution in [0, 0.1) is 5.41 Å². The number of rotatable bonds is 6. The van der Waals surface area contributed by atoms with Gasteiger partial charge in [-0.15, -0.1) is 0 Å². The lowest BCUT2D eigenvalue weighted by Gasteiger charge is -2.39. The van der Waals surface area contributed by atoms with Crippen molar-refractivity contribution in [2.24, 2.45) is 5.41 Å². The molecule has 1 aromatic carbocycles. The Labute approximate surface area is 178 Å². The van der Waals surface area contributed by atoms with Gasteiger partial charge in [0.15, 0.2) is 0 Å². The highest BCUT2D eigenvalue weighted by Crippen LogP contribution is 2.59. The SMILES string of the molecule is CCCCN1CCN(c2ccc(N3CCCC3)cc2C2CCC3(CC2)CC3)CC1. The summed E-state index contributed by atoms with van der Waals surface area (Å²) in [4.78, 5) is 8.02. The van der Waals surface area contributed by atoms with Gasteiger partial charge in [-0.2, -0.15) is 0 Å². The number of hydrogen-bond donors (Lipinski definition) is 0. The van der Waals surface area contributed by atoms with E-state index in [0.717, 1.165) is 11.3 Å². The Kier molecular flexibility index (Phi) is 5.78. The van der Waals surface area contributed by atoms with Crippen LogP contribution in [-0.4, -0.2) is 50.7 Å². The summed E-state index contributed by atoms with van der Waals surface area (Å²) in [6.45, 7) is 11.0. The quantitative estimate of drug-likeness (QED) is 0.616. The molecule has 29 heavy (non-hydrogen) atoms. The topological polar surface area (TPSA) is 9.72 Å². The first-order valence-corrected chi connectivity index (χ1v) is 12.6. The van der Waals surface area contributed by atoms with Crippen LogP contribution < -0.4 is 9.80 Å². The van der Waals surface area contributed by atoms with Crippen molar-refractivity contribution >= 4 is 11.4 Å². The maximum Gasteiger partial charge on any atom is 0.0404 e. The lowest BCUT2D eigenvalue weighted by Crippen LogP contribution is -2.47. The predicted octanol–water partition coefficient (Wildman–Crippen LogP) is 5.65. The Bertz CT molecular complexity index is 671. The highest BCUT2D eigenvalue weighted by atomic mass is 15.3. The van der Waals surface area contributed by atoms with Crippen LogP contribution in [0.3, 0.4) is 0 Å². The van der Waals surface area contributed by atoms with Crippen LogP contribution in [0.1, 0.15) is 82.6 Å². The smallest absolute Gasteiger partial charge is 0.0404 e. The minimum atomic E-state index is 0.786. The van der Waals surface area contributed by atoms with Crippen molar-refractivity contribution in [3.63, 3.8) is 0 Å². The van der Waals surface area contributed by atoms with E-state index in [2.05, 4.69) is 39.8 Å². The summed E-state index contributed by atoms with van der Waals surface area (Å²) in [6.07, 6.45) is 14.2. The number of unbranched alkanes of at least 4 members (excludes halogenated alkanes) is 1. The molecule has 0 N–H and O–H groups in total. The Morgan fingerprint density at radius 1 is 0.862 bits per heavy atom. The van der Waals surface area contributed by atoms with Crippen molar-refractivity contribution in [1.29, 1.82) is 0 Å². The molecule has 5 rings (SSSR count). The number of benzene rings is 1. The van der Waals surface area contributed by atoms with Crippen LogP contribution in [0.25, 0.3) is 0 Å². The van der Waals surface area contributed by atoms with Crippen LogP contribution in [0.5, 0.6) is 0 Å². The molecule has 0 atom stereocenters. The van der Waals surface area contributed by atoms with Gasteiger partial charge in [-0.05, 0) is 99.4 Å². The first-order chi connectivity index (χ1) is 14.3. The zero-order chi connectivity index (χ0) is 19.7. The predicted molar refractivity (Wildman–Crippen MR) is 124 cm³/mol. The highest BCUT2D eigenvalue weighted by molar-refractivity contribution is 5.64. The second-order valence-corrected chi connectivity index (χ2v) is 10.4. The van der Waals surface area contributed by atoms with Gasteiger partial charge in [0.05, 0.1) is 0 Å². The second-order valence-electron chi connectivity index (χ2n) is 10.4. The molecule has 3 nitrogen and oxygen atoms in total. The molecule has 0 bridgehead atoms. The molecule has 2 saturated heterocycles. The van der Waals surface area contributed by atoms with Crippen molar-refractivity contribution in [1.82, 2.24) is 4.90 Å². The monoisotopic (exact) mass is 395 g/mol. The van der Waals surface area contributed by atoms with Gasteiger partial charge in [0, 0.05) is 50.6 Å². The van der Waals surface area contributed by atoms with E-state index in [0.29, 0.717) is 0 Å². The highest BCUT2D eigenvalue weighted by Gasteiger charge is 2.45. The van der Waals surface area contributed by atoms with E-state index in [9.17, 15) is 0 Å². The van der Waals surface area contributed by atoms with E-state index in [1.54, 1.807) is 11.3 Å². The van der Waals surface area contributed by atoms with Crippen molar-refractivity contribution in [3.05, 3.63) is 23.8 Å². The molecule has 4 fully saturated rings. The van der Waals surface area contributed by atoms with Crippen LogP contribution >= 0.6 is 0 Å². The van der Waals surface area contributed by atoms with E-state index in [1.807, 2.05) is 0 Å². The summed E-state index contributed by atoms with van der Waals surface area (Å²) in [5.41, 5.74) is 5.54. The van der Waals surface area contributed by atoms with Crippen LogP contribution in [0.2, 0.25) is 0 Å². The molecule has 1 spiro atoms. The van der Waals surface area contributed by atoms with Gasteiger partial charge in [0.25, 0.3) is 0 Å². The largest absolute Gasteiger partial charge is 0.372 e. The number of hydrogen-bond acceptors (Lipinski definition) is 3. The number of anilines is 2. The molecule has 0 aromatic heterocycles. The fourth-order valence-electron chi connectivity index (χ4n) is 6.14. The zero-order valence-electron chi connectivity index (χ0n) is 18.7. The molecule has 0 radical (unpaired) electrons. The summed E-state index contributed by atoms with van der Waals surface area (Å²) >= 11 is 0. The molecule has 0 amide bonds. The molecule has 1 aromatic rings. The average Bonchev–Trinajstić information content (AvgIpc) is 3.29. The molecule has 4 aliphatic rings. The molecule has 160 valence electrons. The fraction of sp³-hybridized carbons (Fsp3) is 0.769. The molecule has 2 aliphatic carbocycles. The van der Waals surface area contributed by atoms with E-state index >= 15 is 0 Å².